The van der Waals surface area contributed by atoms with Gasteiger partial charge in [-0.25, -0.2) is 4.39 Å². The summed E-state index contributed by atoms with van der Waals surface area (Å²) in [6, 6.07) is 4.84. The molecule has 176 valence electrons. The molecule has 1 fully saturated rings. The van der Waals surface area contributed by atoms with Gasteiger partial charge in [0, 0.05) is 38.1 Å². The third kappa shape index (κ3) is 7.60. The highest BCUT2D eigenvalue weighted by atomic mass is 19.1. The third-order valence-corrected chi connectivity index (χ3v) is 5.53. The minimum absolute atomic E-state index is 0.183. The highest BCUT2D eigenvalue weighted by Gasteiger charge is 2.26. The van der Waals surface area contributed by atoms with Crippen LogP contribution < -0.4 is 33.2 Å². The van der Waals surface area contributed by atoms with Crippen molar-refractivity contribution >= 4 is 11.5 Å². The van der Waals surface area contributed by atoms with Crippen molar-refractivity contribution in [2.24, 2.45) is 29.0 Å². The molecule has 8 heteroatoms. The molecule has 1 amide bonds. The van der Waals surface area contributed by atoms with Crippen molar-refractivity contribution in [1.82, 2.24) is 16.0 Å². The Bertz CT molecular complexity index is 875. The van der Waals surface area contributed by atoms with E-state index in [-0.39, 0.29) is 30.9 Å². The fraction of sp³-hybridized carbons (Fsp3) is 0.458. The summed E-state index contributed by atoms with van der Waals surface area (Å²) >= 11 is 0. The standard InChI is InChI=1S/C24H37FN6O/c1-15(8-17-4-5-17)31-23(22(28)6-7-26)16(2)24(32)30-13-18-9-19(11-21(25)10-18)20(12-27)14-29-3/h6-7,9-11,14-17,29,31H,4-5,8,12-13,26-28H2,1-3H3,(H,30,32)/b7-6-,20-14+,23-22-. The monoisotopic (exact) mass is 444 g/mol. The van der Waals surface area contributed by atoms with E-state index >= 15 is 0 Å². The van der Waals surface area contributed by atoms with Crippen LogP contribution in [0.3, 0.4) is 0 Å². The maximum atomic E-state index is 14.2. The lowest BCUT2D eigenvalue weighted by Crippen LogP contribution is -2.38. The van der Waals surface area contributed by atoms with Crippen LogP contribution in [0.5, 0.6) is 0 Å². The SMILES string of the molecule is CN/C=C(\CN)c1cc(F)cc(CNC(=O)C(C)/C(NC(C)CC2CC2)=C(N)\C=C/N)c1. The highest BCUT2D eigenvalue weighted by molar-refractivity contribution is 5.81. The minimum Gasteiger partial charge on any atom is -0.405 e. The molecule has 2 unspecified atom stereocenters. The molecule has 2 rings (SSSR count). The summed E-state index contributed by atoms with van der Waals surface area (Å²) in [6.45, 7) is 4.32. The quantitative estimate of drug-likeness (QED) is 0.274. The molecule has 0 heterocycles. The molecule has 0 radical (unpaired) electrons. The van der Waals surface area contributed by atoms with Crippen LogP contribution in [0.25, 0.3) is 5.57 Å². The van der Waals surface area contributed by atoms with Crippen LogP contribution in [0, 0.1) is 17.7 Å². The summed E-state index contributed by atoms with van der Waals surface area (Å²) in [5, 5.41) is 9.21. The van der Waals surface area contributed by atoms with Gasteiger partial charge in [-0.05, 0) is 73.4 Å². The van der Waals surface area contributed by atoms with E-state index in [0.717, 1.165) is 17.9 Å². The fourth-order valence-corrected chi connectivity index (χ4v) is 3.68. The van der Waals surface area contributed by atoms with E-state index < -0.39 is 5.92 Å². The topological polar surface area (TPSA) is 131 Å². The van der Waals surface area contributed by atoms with Gasteiger partial charge in [-0.3, -0.25) is 4.79 Å². The molecule has 2 atom stereocenters. The van der Waals surface area contributed by atoms with Gasteiger partial charge >= 0.3 is 0 Å². The zero-order valence-corrected chi connectivity index (χ0v) is 19.2. The number of benzene rings is 1. The van der Waals surface area contributed by atoms with Gasteiger partial charge in [0.25, 0.3) is 0 Å². The van der Waals surface area contributed by atoms with Crippen molar-refractivity contribution < 1.29 is 9.18 Å². The Hall–Kier alpha value is -3.00. The first kappa shape index (κ1) is 25.3. The van der Waals surface area contributed by atoms with Crippen molar-refractivity contribution in [3.63, 3.8) is 0 Å². The lowest BCUT2D eigenvalue weighted by atomic mass is 10.0. The van der Waals surface area contributed by atoms with Gasteiger partial charge in [-0.15, -0.1) is 0 Å². The molecule has 0 spiro atoms. The molecule has 0 saturated heterocycles. The van der Waals surface area contributed by atoms with Crippen LogP contribution in [0.2, 0.25) is 0 Å². The van der Waals surface area contributed by atoms with E-state index in [1.54, 1.807) is 26.2 Å². The maximum absolute atomic E-state index is 14.2. The van der Waals surface area contributed by atoms with E-state index in [0.29, 0.717) is 22.5 Å². The largest absolute Gasteiger partial charge is 0.405 e. The van der Waals surface area contributed by atoms with E-state index in [2.05, 4.69) is 22.9 Å². The molecule has 1 aromatic rings. The number of rotatable bonds is 12. The average Bonchev–Trinajstić information content (AvgIpc) is 3.57. The van der Waals surface area contributed by atoms with Crippen LogP contribution in [-0.4, -0.2) is 25.5 Å². The Balaban J connectivity index is 2.11. The number of carbonyl (C=O) groups is 1. The summed E-state index contributed by atoms with van der Waals surface area (Å²) in [7, 11) is 1.76. The molecule has 9 N–H and O–H groups in total. The Morgan fingerprint density at radius 1 is 1.28 bits per heavy atom. The first-order valence-electron chi connectivity index (χ1n) is 11.1. The summed E-state index contributed by atoms with van der Waals surface area (Å²) in [4.78, 5) is 12.9. The Morgan fingerprint density at radius 2 is 2.00 bits per heavy atom. The summed E-state index contributed by atoms with van der Waals surface area (Å²) < 4.78 is 14.2. The second-order valence-electron chi connectivity index (χ2n) is 8.40. The first-order chi connectivity index (χ1) is 15.3. The lowest BCUT2D eigenvalue weighted by molar-refractivity contribution is -0.123. The number of hydrogen-bond acceptors (Lipinski definition) is 6. The van der Waals surface area contributed by atoms with Gasteiger partial charge in [0.1, 0.15) is 5.82 Å². The second kappa shape index (κ2) is 12.1. The number of amides is 1. The lowest BCUT2D eigenvalue weighted by Gasteiger charge is -2.24. The summed E-state index contributed by atoms with van der Waals surface area (Å²) in [5.74, 6) is -0.379. The number of allylic oxidation sites excluding steroid dienone is 1. The van der Waals surface area contributed by atoms with E-state index in [9.17, 15) is 9.18 Å². The van der Waals surface area contributed by atoms with Crippen LogP contribution >= 0.6 is 0 Å². The molecule has 1 aliphatic carbocycles. The Kier molecular flexibility index (Phi) is 9.59. The van der Waals surface area contributed by atoms with Gasteiger partial charge in [-0.2, -0.15) is 0 Å². The molecular formula is C24H37FN6O. The number of nitrogens with one attached hydrogen (secondary N) is 3. The molecule has 7 nitrogen and oxygen atoms in total. The molecule has 1 saturated carbocycles. The molecule has 0 bridgehead atoms. The van der Waals surface area contributed by atoms with E-state index in [1.165, 1.54) is 31.2 Å². The summed E-state index contributed by atoms with van der Waals surface area (Å²) in [5.41, 5.74) is 20.6. The molecule has 0 aromatic heterocycles. The minimum atomic E-state index is -0.523. The number of halogens is 1. The van der Waals surface area contributed by atoms with Gasteiger partial charge in [0.15, 0.2) is 0 Å². The molecule has 0 aliphatic heterocycles. The highest BCUT2D eigenvalue weighted by Crippen LogP contribution is 2.33. The van der Waals surface area contributed by atoms with E-state index in [1.807, 2.05) is 6.07 Å². The normalized spacial score (nSPS) is 17.0. The molecule has 1 aromatic carbocycles. The van der Waals surface area contributed by atoms with Gasteiger partial charge in [0.2, 0.25) is 5.91 Å². The maximum Gasteiger partial charge on any atom is 0.229 e. The van der Waals surface area contributed by atoms with Crippen molar-refractivity contribution in [2.45, 2.75) is 45.7 Å². The van der Waals surface area contributed by atoms with E-state index in [4.69, 9.17) is 17.2 Å². The van der Waals surface area contributed by atoms with Crippen molar-refractivity contribution in [1.29, 1.82) is 0 Å². The Morgan fingerprint density at radius 3 is 2.59 bits per heavy atom. The fourth-order valence-electron chi connectivity index (χ4n) is 3.68. The first-order valence-corrected chi connectivity index (χ1v) is 11.1. The average molecular weight is 445 g/mol. The zero-order valence-electron chi connectivity index (χ0n) is 19.2. The predicted octanol–water partition coefficient (Wildman–Crippen LogP) is 2.02. The molecular weight excluding hydrogens is 407 g/mol. The third-order valence-electron chi connectivity index (χ3n) is 5.53. The van der Waals surface area contributed by atoms with Crippen molar-refractivity contribution in [2.75, 3.05) is 13.6 Å². The Labute approximate surface area is 190 Å². The van der Waals surface area contributed by atoms with Gasteiger partial charge in [0.05, 0.1) is 11.6 Å². The molecule has 32 heavy (non-hydrogen) atoms. The molecule has 1 aliphatic rings. The summed E-state index contributed by atoms with van der Waals surface area (Å²) in [6.07, 6.45) is 8.21. The predicted molar refractivity (Wildman–Crippen MR) is 128 cm³/mol. The number of carbonyl (C=O) groups excluding carboxylic acids is 1. The van der Waals surface area contributed by atoms with Crippen LogP contribution in [0.15, 0.2) is 48.1 Å². The smallest absolute Gasteiger partial charge is 0.229 e. The van der Waals surface area contributed by atoms with Crippen molar-refractivity contribution in [3.8, 4) is 0 Å². The van der Waals surface area contributed by atoms with Crippen LogP contribution in [-0.2, 0) is 11.3 Å². The number of hydrogen-bond donors (Lipinski definition) is 6. The zero-order chi connectivity index (χ0) is 23.7. The van der Waals surface area contributed by atoms with Crippen LogP contribution in [0.4, 0.5) is 4.39 Å². The van der Waals surface area contributed by atoms with Crippen molar-refractivity contribution in [3.05, 3.63) is 65.0 Å². The van der Waals surface area contributed by atoms with Gasteiger partial charge in [-0.1, -0.05) is 12.8 Å². The van der Waals surface area contributed by atoms with Gasteiger partial charge < -0.3 is 33.2 Å². The number of nitrogens with two attached hydrogens (primary N) is 3. The second-order valence-corrected chi connectivity index (χ2v) is 8.40. The van der Waals surface area contributed by atoms with Crippen LogP contribution in [0.1, 0.15) is 44.2 Å².